The minimum absolute atomic E-state index is 0.188. The maximum atomic E-state index is 13.0. The monoisotopic (exact) mass is 267 g/mol. The van der Waals surface area contributed by atoms with Crippen LogP contribution in [0.5, 0.6) is 0 Å². The zero-order chi connectivity index (χ0) is 13.7. The Morgan fingerprint density at radius 3 is 2.58 bits per heavy atom. The molecule has 1 aliphatic rings. The molecular weight excluding hydrogens is 249 g/mol. The molecule has 5 nitrogen and oxygen atoms in total. The van der Waals surface area contributed by atoms with E-state index < -0.39 is 5.97 Å². The van der Waals surface area contributed by atoms with Crippen molar-refractivity contribution in [2.45, 2.75) is 13.0 Å². The molecule has 0 amide bonds. The number of nitrogens with zero attached hydrogens (tertiary/aromatic N) is 3. The highest BCUT2D eigenvalue weighted by Crippen LogP contribution is 2.09. The predicted molar refractivity (Wildman–Crippen MR) is 68.2 cm³/mol. The highest BCUT2D eigenvalue weighted by molar-refractivity contribution is 5.66. The van der Waals surface area contributed by atoms with Gasteiger partial charge in [0.2, 0.25) is 0 Å². The quantitative estimate of drug-likeness (QED) is 0.855. The molecule has 0 aliphatic carbocycles. The van der Waals surface area contributed by atoms with Crippen LogP contribution in [0.3, 0.4) is 0 Å². The van der Waals surface area contributed by atoms with Crippen molar-refractivity contribution in [1.29, 1.82) is 0 Å². The van der Waals surface area contributed by atoms with E-state index in [1.165, 1.54) is 12.3 Å². The summed E-state index contributed by atoms with van der Waals surface area (Å²) in [4.78, 5) is 18.7. The zero-order valence-corrected chi connectivity index (χ0v) is 10.8. The molecule has 1 N–H and O–H groups in total. The van der Waals surface area contributed by atoms with Gasteiger partial charge in [0.05, 0.1) is 12.6 Å². The molecule has 19 heavy (non-hydrogen) atoms. The summed E-state index contributed by atoms with van der Waals surface area (Å²) in [5, 5.41) is 8.64. The SMILES string of the molecule is O=C(O)CCN1CCN(Cc2cncc(F)c2)CC1. The topological polar surface area (TPSA) is 56.7 Å². The van der Waals surface area contributed by atoms with Crippen molar-refractivity contribution in [3.05, 3.63) is 29.8 Å². The van der Waals surface area contributed by atoms with Gasteiger partial charge in [-0.25, -0.2) is 4.39 Å². The number of carbonyl (C=O) groups is 1. The van der Waals surface area contributed by atoms with Crippen LogP contribution in [0.15, 0.2) is 18.5 Å². The summed E-state index contributed by atoms with van der Waals surface area (Å²) >= 11 is 0. The average Bonchev–Trinajstić information content (AvgIpc) is 2.38. The Hall–Kier alpha value is -1.53. The summed E-state index contributed by atoms with van der Waals surface area (Å²) in [7, 11) is 0. The van der Waals surface area contributed by atoms with Crippen molar-refractivity contribution in [2.75, 3.05) is 32.7 Å². The van der Waals surface area contributed by atoms with Crippen LogP contribution < -0.4 is 0 Å². The van der Waals surface area contributed by atoms with Crippen LogP contribution in [0.25, 0.3) is 0 Å². The molecule has 1 fully saturated rings. The van der Waals surface area contributed by atoms with Gasteiger partial charge in [0.15, 0.2) is 0 Å². The summed E-state index contributed by atoms with van der Waals surface area (Å²) in [5.41, 5.74) is 0.874. The Labute approximate surface area is 111 Å². The van der Waals surface area contributed by atoms with Crippen LogP contribution in [-0.2, 0) is 11.3 Å². The van der Waals surface area contributed by atoms with E-state index in [1.54, 1.807) is 6.20 Å². The molecule has 104 valence electrons. The molecule has 0 bridgehead atoms. The second-order valence-electron chi connectivity index (χ2n) is 4.77. The van der Waals surface area contributed by atoms with Gasteiger partial charge in [0.1, 0.15) is 5.82 Å². The summed E-state index contributed by atoms with van der Waals surface area (Å²) < 4.78 is 13.0. The lowest BCUT2D eigenvalue weighted by Gasteiger charge is -2.34. The Kier molecular flexibility index (Phi) is 4.81. The number of hydrogen-bond acceptors (Lipinski definition) is 4. The maximum absolute atomic E-state index is 13.0. The van der Waals surface area contributed by atoms with Crippen LogP contribution in [0, 0.1) is 5.82 Å². The van der Waals surface area contributed by atoms with E-state index in [2.05, 4.69) is 14.8 Å². The van der Waals surface area contributed by atoms with Gasteiger partial charge in [-0.1, -0.05) is 0 Å². The fourth-order valence-corrected chi connectivity index (χ4v) is 2.23. The molecule has 2 rings (SSSR count). The largest absolute Gasteiger partial charge is 0.481 e. The molecule has 0 saturated carbocycles. The van der Waals surface area contributed by atoms with Gasteiger partial charge >= 0.3 is 5.97 Å². The third-order valence-electron chi connectivity index (χ3n) is 3.27. The minimum Gasteiger partial charge on any atom is -0.481 e. The van der Waals surface area contributed by atoms with Gasteiger partial charge in [-0.2, -0.15) is 0 Å². The standard InChI is InChI=1S/C13H18FN3O2/c14-12-7-11(8-15-9-12)10-17-5-3-16(4-6-17)2-1-13(18)19/h7-9H,1-6,10H2,(H,18,19). The number of rotatable bonds is 5. The lowest BCUT2D eigenvalue weighted by Crippen LogP contribution is -2.46. The molecule has 0 radical (unpaired) electrons. The van der Waals surface area contributed by atoms with Crippen molar-refractivity contribution in [1.82, 2.24) is 14.8 Å². The van der Waals surface area contributed by atoms with Crippen LogP contribution in [0.2, 0.25) is 0 Å². The number of hydrogen-bond donors (Lipinski definition) is 1. The number of halogens is 1. The molecule has 0 spiro atoms. The van der Waals surface area contributed by atoms with Crippen molar-refractivity contribution in [2.24, 2.45) is 0 Å². The maximum Gasteiger partial charge on any atom is 0.304 e. The summed E-state index contributed by atoms with van der Waals surface area (Å²) in [6, 6.07) is 1.50. The number of pyridine rings is 1. The highest BCUT2D eigenvalue weighted by Gasteiger charge is 2.17. The fraction of sp³-hybridized carbons (Fsp3) is 0.538. The van der Waals surface area contributed by atoms with Crippen molar-refractivity contribution in [3.63, 3.8) is 0 Å². The van der Waals surface area contributed by atoms with Crippen LogP contribution in [-0.4, -0.2) is 58.6 Å². The molecule has 1 aromatic rings. The molecular formula is C13H18FN3O2. The molecule has 0 atom stereocenters. The van der Waals surface area contributed by atoms with E-state index in [-0.39, 0.29) is 12.2 Å². The minimum atomic E-state index is -0.756. The first-order valence-corrected chi connectivity index (χ1v) is 6.39. The molecule has 2 heterocycles. The van der Waals surface area contributed by atoms with E-state index >= 15 is 0 Å². The van der Waals surface area contributed by atoms with Gasteiger partial charge in [0, 0.05) is 45.5 Å². The number of aromatic nitrogens is 1. The predicted octanol–water partition coefficient (Wildman–Crippen LogP) is 0.813. The zero-order valence-electron chi connectivity index (χ0n) is 10.8. The first kappa shape index (κ1) is 13.9. The van der Waals surface area contributed by atoms with Gasteiger partial charge in [0.25, 0.3) is 0 Å². The molecule has 1 aromatic heterocycles. The van der Waals surface area contributed by atoms with Gasteiger partial charge < -0.3 is 10.0 Å². The third kappa shape index (κ3) is 4.57. The summed E-state index contributed by atoms with van der Waals surface area (Å²) in [6.07, 6.45) is 3.07. The van der Waals surface area contributed by atoms with Crippen LogP contribution in [0.1, 0.15) is 12.0 Å². The molecule has 0 aromatic carbocycles. The fourth-order valence-electron chi connectivity index (χ4n) is 2.23. The van der Waals surface area contributed by atoms with Crippen molar-refractivity contribution < 1.29 is 14.3 Å². The lowest BCUT2D eigenvalue weighted by atomic mass is 10.2. The Morgan fingerprint density at radius 1 is 1.26 bits per heavy atom. The van der Waals surface area contributed by atoms with E-state index in [1.807, 2.05) is 0 Å². The molecule has 1 aliphatic heterocycles. The second kappa shape index (κ2) is 6.58. The van der Waals surface area contributed by atoms with E-state index in [0.717, 1.165) is 31.7 Å². The van der Waals surface area contributed by atoms with Crippen LogP contribution >= 0.6 is 0 Å². The molecule has 6 heteroatoms. The first-order valence-electron chi connectivity index (χ1n) is 6.39. The summed E-state index contributed by atoms with van der Waals surface area (Å²) in [6.45, 7) is 4.75. The van der Waals surface area contributed by atoms with E-state index in [0.29, 0.717) is 13.1 Å². The van der Waals surface area contributed by atoms with Crippen LogP contribution in [0.4, 0.5) is 4.39 Å². The average molecular weight is 267 g/mol. The second-order valence-corrected chi connectivity index (χ2v) is 4.77. The number of carboxylic acid groups (broad SMARTS) is 1. The Bertz CT molecular complexity index is 434. The Morgan fingerprint density at radius 2 is 1.95 bits per heavy atom. The number of aliphatic carboxylic acids is 1. The van der Waals surface area contributed by atoms with Gasteiger partial charge in [-0.3, -0.25) is 14.7 Å². The van der Waals surface area contributed by atoms with E-state index in [4.69, 9.17) is 5.11 Å². The van der Waals surface area contributed by atoms with Gasteiger partial charge in [-0.15, -0.1) is 0 Å². The molecule has 1 saturated heterocycles. The smallest absolute Gasteiger partial charge is 0.304 e. The van der Waals surface area contributed by atoms with Crippen molar-refractivity contribution >= 4 is 5.97 Å². The Balaban J connectivity index is 1.75. The normalized spacial score (nSPS) is 17.5. The highest BCUT2D eigenvalue weighted by atomic mass is 19.1. The summed E-state index contributed by atoms with van der Waals surface area (Å²) in [5.74, 6) is -1.06. The third-order valence-corrected chi connectivity index (χ3v) is 3.27. The number of piperazine rings is 1. The van der Waals surface area contributed by atoms with E-state index in [9.17, 15) is 9.18 Å². The molecule has 0 unspecified atom stereocenters. The number of carboxylic acids is 1. The lowest BCUT2D eigenvalue weighted by molar-refractivity contribution is -0.137. The van der Waals surface area contributed by atoms with Crippen molar-refractivity contribution in [3.8, 4) is 0 Å². The first-order chi connectivity index (χ1) is 9.13. The van der Waals surface area contributed by atoms with Gasteiger partial charge in [-0.05, 0) is 11.6 Å².